The normalized spacial score (nSPS) is 20.8. The van der Waals surface area contributed by atoms with Crippen molar-refractivity contribution in [1.29, 1.82) is 0 Å². The number of hydrogen-bond acceptors (Lipinski definition) is 4. The van der Waals surface area contributed by atoms with Gasteiger partial charge in [0, 0.05) is 11.0 Å². The second-order valence-corrected chi connectivity index (χ2v) is 6.90. The molecular weight excluding hydrogens is 355 g/mol. The van der Waals surface area contributed by atoms with E-state index in [9.17, 15) is 17.6 Å². The average Bonchev–Trinajstić information content (AvgIpc) is 2.41. The summed E-state index contributed by atoms with van der Waals surface area (Å²) in [5.41, 5.74) is 5.19. The van der Waals surface area contributed by atoms with Gasteiger partial charge in [-0.15, -0.1) is 0 Å². The Morgan fingerprint density at radius 2 is 2.20 bits per heavy atom. The summed E-state index contributed by atoms with van der Waals surface area (Å²) in [4.78, 5) is 11.1. The van der Waals surface area contributed by atoms with E-state index in [0.717, 1.165) is 16.4 Å². The van der Waals surface area contributed by atoms with E-state index < -0.39 is 27.8 Å². The molecule has 1 amide bonds. The molecule has 2 N–H and O–H groups in total. The number of carbonyl (C=O) groups excluding carboxylic acids is 1. The zero-order valence-corrected chi connectivity index (χ0v) is 12.7. The van der Waals surface area contributed by atoms with Crippen molar-refractivity contribution in [1.82, 2.24) is 4.31 Å². The largest absolute Gasteiger partial charge is 0.378 e. The Hall–Kier alpha value is -1.03. The summed E-state index contributed by atoms with van der Waals surface area (Å²) in [5, 5.41) is 0. The summed E-state index contributed by atoms with van der Waals surface area (Å²) in [6.07, 6.45) is 0. The summed E-state index contributed by atoms with van der Waals surface area (Å²) in [6, 6.07) is 2.23. The Morgan fingerprint density at radius 3 is 2.85 bits per heavy atom. The van der Waals surface area contributed by atoms with Crippen LogP contribution in [0.5, 0.6) is 0 Å². The monoisotopic (exact) mass is 366 g/mol. The van der Waals surface area contributed by atoms with Crippen LogP contribution in [-0.2, 0) is 19.6 Å². The molecular formula is C11H12BrFN2O4S. The van der Waals surface area contributed by atoms with Crippen molar-refractivity contribution in [2.75, 3.05) is 19.8 Å². The molecule has 0 saturated carbocycles. The highest BCUT2D eigenvalue weighted by Gasteiger charge is 2.38. The van der Waals surface area contributed by atoms with Gasteiger partial charge in [0.25, 0.3) is 0 Å². The van der Waals surface area contributed by atoms with Crippen LogP contribution < -0.4 is 5.73 Å². The van der Waals surface area contributed by atoms with Crippen LogP contribution in [0.3, 0.4) is 0 Å². The van der Waals surface area contributed by atoms with E-state index in [1.54, 1.807) is 0 Å². The minimum Gasteiger partial charge on any atom is -0.378 e. The molecule has 0 spiro atoms. The lowest BCUT2D eigenvalue weighted by Crippen LogP contribution is -2.54. The maximum absolute atomic E-state index is 13.3. The number of halogens is 2. The Bertz CT molecular complexity index is 637. The number of nitrogens with two attached hydrogens (primary N) is 1. The molecule has 0 aliphatic carbocycles. The molecule has 1 fully saturated rings. The molecule has 20 heavy (non-hydrogen) atoms. The van der Waals surface area contributed by atoms with E-state index in [4.69, 9.17) is 10.5 Å². The molecule has 1 aliphatic heterocycles. The number of carbonyl (C=O) groups is 1. The lowest BCUT2D eigenvalue weighted by atomic mass is 10.3. The van der Waals surface area contributed by atoms with Gasteiger partial charge in [0.1, 0.15) is 11.9 Å². The fraction of sp³-hybridized carbons (Fsp3) is 0.364. The first-order valence-electron chi connectivity index (χ1n) is 5.68. The summed E-state index contributed by atoms with van der Waals surface area (Å²) < 4.78 is 44.6. The van der Waals surface area contributed by atoms with Crippen molar-refractivity contribution in [3.8, 4) is 0 Å². The number of rotatable bonds is 3. The van der Waals surface area contributed by atoms with E-state index in [0.29, 0.717) is 0 Å². The van der Waals surface area contributed by atoms with Crippen LogP contribution in [0.1, 0.15) is 0 Å². The second-order valence-electron chi connectivity index (χ2n) is 4.18. The van der Waals surface area contributed by atoms with Gasteiger partial charge in [-0.2, -0.15) is 4.31 Å². The highest BCUT2D eigenvalue weighted by Crippen LogP contribution is 2.28. The highest BCUT2D eigenvalue weighted by atomic mass is 79.9. The zero-order chi connectivity index (χ0) is 14.9. The number of hydrogen-bond donors (Lipinski definition) is 1. The van der Waals surface area contributed by atoms with Crippen LogP contribution in [0.25, 0.3) is 0 Å². The van der Waals surface area contributed by atoms with Crippen molar-refractivity contribution in [3.05, 3.63) is 28.5 Å². The third kappa shape index (κ3) is 2.85. The minimum absolute atomic E-state index is 0.0150. The number of amides is 1. The standard InChI is InChI=1S/C11H12BrFN2O4S/c12-8-2-1-7(13)5-10(8)20(17,18)15-3-4-19-6-9(15)11(14)16/h1-2,5,9H,3-4,6H2,(H2,14,16). The Morgan fingerprint density at radius 1 is 1.50 bits per heavy atom. The molecule has 0 radical (unpaired) electrons. The first-order valence-corrected chi connectivity index (χ1v) is 7.91. The fourth-order valence-corrected chi connectivity index (χ4v) is 4.40. The van der Waals surface area contributed by atoms with Gasteiger partial charge in [-0.05, 0) is 34.1 Å². The topological polar surface area (TPSA) is 89.7 Å². The molecule has 1 saturated heterocycles. The Balaban J connectivity index is 2.47. The summed E-state index contributed by atoms with van der Waals surface area (Å²) in [5.74, 6) is -1.49. The van der Waals surface area contributed by atoms with Crippen molar-refractivity contribution in [3.63, 3.8) is 0 Å². The number of nitrogens with zero attached hydrogens (tertiary/aromatic N) is 1. The Kier molecular flexibility index (Phi) is 4.43. The van der Waals surface area contributed by atoms with Gasteiger partial charge in [-0.1, -0.05) is 0 Å². The first kappa shape index (κ1) is 15.4. The molecule has 0 aromatic heterocycles. The fourth-order valence-electron chi connectivity index (χ4n) is 1.90. The molecule has 1 aliphatic rings. The number of benzene rings is 1. The molecule has 1 aromatic rings. The smallest absolute Gasteiger partial charge is 0.245 e. The van der Waals surface area contributed by atoms with Gasteiger partial charge in [-0.3, -0.25) is 4.79 Å². The number of primary amides is 1. The SMILES string of the molecule is NC(=O)C1COCCN1S(=O)(=O)c1cc(F)ccc1Br. The molecule has 0 bridgehead atoms. The maximum atomic E-state index is 13.3. The lowest BCUT2D eigenvalue weighted by molar-refractivity contribution is -0.125. The number of morpholine rings is 1. The first-order chi connectivity index (χ1) is 9.34. The Labute approximate surface area is 123 Å². The van der Waals surface area contributed by atoms with Crippen LogP contribution in [0, 0.1) is 5.82 Å². The molecule has 9 heteroatoms. The number of sulfonamides is 1. The summed E-state index contributed by atoms with van der Waals surface area (Å²) >= 11 is 3.07. The molecule has 2 rings (SSSR count). The molecule has 110 valence electrons. The van der Waals surface area contributed by atoms with E-state index in [1.165, 1.54) is 6.07 Å². The molecule has 1 atom stereocenters. The van der Waals surface area contributed by atoms with E-state index >= 15 is 0 Å². The third-order valence-corrected chi connectivity index (χ3v) is 5.79. The van der Waals surface area contributed by atoms with Crippen molar-refractivity contribution in [2.45, 2.75) is 10.9 Å². The summed E-state index contributed by atoms with van der Waals surface area (Å²) in [6.45, 7) is 0.0241. The lowest BCUT2D eigenvalue weighted by Gasteiger charge is -2.32. The maximum Gasteiger partial charge on any atom is 0.245 e. The van der Waals surface area contributed by atoms with Gasteiger partial charge in [-0.25, -0.2) is 12.8 Å². The molecule has 1 unspecified atom stereocenters. The van der Waals surface area contributed by atoms with Crippen LogP contribution in [0.2, 0.25) is 0 Å². The van der Waals surface area contributed by atoms with Gasteiger partial charge < -0.3 is 10.5 Å². The number of ether oxygens (including phenoxy) is 1. The third-order valence-electron chi connectivity index (χ3n) is 2.89. The highest BCUT2D eigenvalue weighted by molar-refractivity contribution is 9.10. The van der Waals surface area contributed by atoms with Gasteiger partial charge in [0.15, 0.2) is 0 Å². The predicted molar refractivity (Wildman–Crippen MR) is 71.8 cm³/mol. The molecule has 1 heterocycles. The van der Waals surface area contributed by atoms with Gasteiger partial charge >= 0.3 is 0 Å². The summed E-state index contributed by atoms with van der Waals surface area (Å²) in [7, 11) is -4.04. The van der Waals surface area contributed by atoms with Crippen molar-refractivity contribution < 1.29 is 22.3 Å². The van der Waals surface area contributed by atoms with Crippen molar-refractivity contribution in [2.24, 2.45) is 5.73 Å². The van der Waals surface area contributed by atoms with E-state index in [2.05, 4.69) is 15.9 Å². The second kappa shape index (κ2) is 5.76. The van der Waals surface area contributed by atoms with Crippen LogP contribution in [0.4, 0.5) is 4.39 Å². The zero-order valence-electron chi connectivity index (χ0n) is 10.3. The minimum atomic E-state index is -4.04. The van der Waals surface area contributed by atoms with Gasteiger partial charge in [0.05, 0.1) is 18.1 Å². The quantitative estimate of drug-likeness (QED) is 0.841. The average molecular weight is 367 g/mol. The van der Waals surface area contributed by atoms with Crippen molar-refractivity contribution >= 4 is 31.9 Å². The van der Waals surface area contributed by atoms with Crippen LogP contribution >= 0.6 is 15.9 Å². The van der Waals surface area contributed by atoms with Crippen LogP contribution in [-0.4, -0.2) is 44.4 Å². The van der Waals surface area contributed by atoms with Crippen LogP contribution in [0.15, 0.2) is 27.6 Å². The van der Waals surface area contributed by atoms with Gasteiger partial charge in [0.2, 0.25) is 15.9 Å². The van der Waals surface area contributed by atoms with E-state index in [1.807, 2.05) is 0 Å². The predicted octanol–water partition coefficient (Wildman–Crippen LogP) is 0.463. The molecule has 1 aromatic carbocycles. The van der Waals surface area contributed by atoms with E-state index in [-0.39, 0.29) is 29.1 Å². The molecule has 6 nitrogen and oxygen atoms in total.